The van der Waals surface area contributed by atoms with Crippen molar-refractivity contribution in [2.45, 2.75) is 31.0 Å². The van der Waals surface area contributed by atoms with E-state index in [1.165, 1.54) is 17.3 Å². The molecule has 0 saturated carbocycles. The van der Waals surface area contributed by atoms with Crippen molar-refractivity contribution in [3.05, 3.63) is 95.8 Å². The fraction of sp³-hybridized carbons (Fsp3) is 0.222. The van der Waals surface area contributed by atoms with Crippen LogP contribution in [-0.4, -0.2) is 39.6 Å². The Bertz CT molecular complexity index is 1290. The number of carbonyl (C=O) groups is 1. The molecule has 0 N–H and O–H groups in total. The van der Waals surface area contributed by atoms with Gasteiger partial charge in [-0.1, -0.05) is 60.3 Å². The molecular weight excluding hydrogens is 444 g/mol. The van der Waals surface area contributed by atoms with Gasteiger partial charge in [0.15, 0.2) is 5.16 Å². The third-order valence-electron chi connectivity index (χ3n) is 6.04. The number of amides is 1. The highest BCUT2D eigenvalue weighted by Gasteiger charge is 2.30. The van der Waals surface area contributed by atoms with Gasteiger partial charge in [-0.25, -0.2) is 0 Å². The van der Waals surface area contributed by atoms with Gasteiger partial charge in [-0.05, 0) is 54.8 Å². The number of thioether (sulfide) groups is 1. The van der Waals surface area contributed by atoms with Crippen molar-refractivity contribution in [2.75, 3.05) is 17.8 Å². The van der Waals surface area contributed by atoms with Crippen LogP contribution in [-0.2, 0) is 17.6 Å². The Kier molecular flexibility index (Phi) is 6.36. The van der Waals surface area contributed by atoms with Crippen LogP contribution >= 0.6 is 11.8 Å². The molecule has 34 heavy (non-hydrogen) atoms. The average molecular weight is 471 g/mol. The molecule has 1 aliphatic rings. The van der Waals surface area contributed by atoms with Gasteiger partial charge in [0.05, 0.1) is 12.9 Å². The van der Waals surface area contributed by atoms with E-state index in [1.807, 2.05) is 70.1 Å². The minimum absolute atomic E-state index is 0.0799. The molecule has 4 aromatic rings. The van der Waals surface area contributed by atoms with Gasteiger partial charge in [0.25, 0.3) is 0 Å². The molecule has 0 saturated heterocycles. The van der Waals surface area contributed by atoms with E-state index in [9.17, 15) is 4.79 Å². The predicted octanol–water partition coefficient (Wildman–Crippen LogP) is 4.94. The number of para-hydroxylation sites is 1. The van der Waals surface area contributed by atoms with Crippen molar-refractivity contribution in [3.63, 3.8) is 0 Å². The van der Waals surface area contributed by atoms with E-state index >= 15 is 0 Å². The van der Waals surface area contributed by atoms with Crippen molar-refractivity contribution in [1.29, 1.82) is 0 Å². The highest BCUT2D eigenvalue weighted by atomic mass is 32.2. The summed E-state index contributed by atoms with van der Waals surface area (Å²) in [6, 6.07) is 26.3. The maximum atomic E-state index is 13.3. The van der Waals surface area contributed by atoms with E-state index in [2.05, 4.69) is 35.3 Å². The molecule has 0 unspecified atom stereocenters. The maximum Gasteiger partial charge on any atom is 0.237 e. The van der Waals surface area contributed by atoms with Crippen molar-refractivity contribution < 1.29 is 9.53 Å². The Balaban J connectivity index is 1.41. The molecule has 1 atom stereocenters. The Morgan fingerprint density at radius 3 is 2.50 bits per heavy atom. The van der Waals surface area contributed by atoms with Crippen LogP contribution in [0, 0.1) is 0 Å². The molecule has 6 nitrogen and oxygen atoms in total. The summed E-state index contributed by atoms with van der Waals surface area (Å²) in [5.41, 5.74) is 4.33. The number of ether oxygens (including phenoxy) is 1. The lowest BCUT2D eigenvalue weighted by atomic mass is 10.1. The SMILES string of the molecule is COc1ccc(-n2c(Cc3ccccc3)nnc2SCC(=O)N2c3ccccc3C[C@H]2C)cc1. The topological polar surface area (TPSA) is 60.2 Å². The van der Waals surface area contributed by atoms with Gasteiger partial charge in [-0.15, -0.1) is 10.2 Å². The van der Waals surface area contributed by atoms with Crippen molar-refractivity contribution >= 4 is 23.4 Å². The second-order valence-corrected chi connectivity index (χ2v) is 9.27. The lowest BCUT2D eigenvalue weighted by Gasteiger charge is -2.22. The zero-order valence-electron chi connectivity index (χ0n) is 19.2. The third kappa shape index (κ3) is 4.43. The monoisotopic (exact) mass is 470 g/mol. The van der Waals surface area contributed by atoms with E-state index < -0.39 is 0 Å². The van der Waals surface area contributed by atoms with Crippen LogP contribution in [0.4, 0.5) is 5.69 Å². The molecule has 0 bridgehead atoms. The third-order valence-corrected chi connectivity index (χ3v) is 6.95. The first-order valence-corrected chi connectivity index (χ1v) is 12.3. The number of benzene rings is 3. The number of hydrogen-bond donors (Lipinski definition) is 0. The summed E-state index contributed by atoms with van der Waals surface area (Å²) < 4.78 is 7.35. The highest BCUT2D eigenvalue weighted by molar-refractivity contribution is 7.99. The molecule has 0 aliphatic carbocycles. The van der Waals surface area contributed by atoms with Crippen LogP contribution in [0.5, 0.6) is 5.75 Å². The van der Waals surface area contributed by atoms with Crippen molar-refractivity contribution in [3.8, 4) is 11.4 Å². The predicted molar refractivity (Wildman–Crippen MR) is 135 cm³/mol. The molecule has 1 amide bonds. The summed E-state index contributed by atoms with van der Waals surface area (Å²) in [4.78, 5) is 15.2. The Morgan fingerprint density at radius 1 is 1.00 bits per heavy atom. The number of fused-ring (bicyclic) bond motifs is 1. The smallest absolute Gasteiger partial charge is 0.237 e. The average Bonchev–Trinajstić information content (AvgIpc) is 3.42. The Morgan fingerprint density at radius 2 is 1.74 bits per heavy atom. The Hall–Kier alpha value is -3.58. The fourth-order valence-electron chi connectivity index (χ4n) is 4.42. The summed E-state index contributed by atoms with van der Waals surface area (Å²) in [5, 5.41) is 9.66. The Labute approximate surface area is 203 Å². The van der Waals surface area contributed by atoms with Crippen LogP contribution in [0.2, 0.25) is 0 Å². The van der Waals surface area contributed by atoms with Crippen LogP contribution in [0.15, 0.2) is 84.0 Å². The minimum atomic E-state index is 0.0799. The number of methoxy groups -OCH3 is 1. The standard InChI is InChI=1S/C27H26N4O2S/c1-19-16-21-10-6-7-11-24(21)30(19)26(32)18-34-27-29-28-25(17-20-8-4-3-5-9-20)31(27)22-12-14-23(33-2)15-13-22/h3-15,19H,16-18H2,1-2H3/t19-/m1/s1. The molecule has 0 radical (unpaired) electrons. The van der Waals surface area contributed by atoms with Gasteiger partial charge in [-0.2, -0.15) is 0 Å². The number of aromatic nitrogens is 3. The summed E-state index contributed by atoms with van der Waals surface area (Å²) in [7, 11) is 1.65. The van der Waals surface area contributed by atoms with E-state index in [4.69, 9.17) is 4.74 Å². The zero-order valence-corrected chi connectivity index (χ0v) is 20.0. The van der Waals surface area contributed by atoms with E-state index in [0.29, 0.717) is 11.6 Å². The molecular formula is C27H26N4O2S. The van der Waals surface area contributed by atoms with Crippen LogP contribution in [0.1, 0.15) is 23.9 Å². The molecule has 5 rings (SSSR count). The molecule has 3 aromatic carbocycles. The second kappa shape index (κ2) is 9.73. The first kappa shape index (κ1) is 22.2. The molecule has 1 aliphatic heterocycles. The van der Waals surface area contributed by atoms with Crippen LogP contribution < -0.4 is 9.64 Å². The number of anilines is 1. The molecule has 7 heteroatoms. The summed E-state index contributed by atoms with van der Waals surface area (Å²) in [5.74, 6) is 1.98. The molecule has 2 heterocycles. The summed E-state index contributed by atoms with van der Waals surface area (Å²) in [6.45, 7) is 2.10. The van der Waals surface area contributed by atoms with E-state index in [-0.39, 0.29) is 17.7 Å². The highest BCUT2D eigenvalue weighted by Crippen LogP contribution is 2.33. The molecule has 0 fully saturated rings. The van der Waals surface area contributed by atoms with Crippen LogP contribution in [0.25, 0.3) is 5.69 Å². The summed E-state index contributed by atoms with van der Waals surface area (Å²) >= 11 is 1.42. The van der Waals surface area contributed by atoms with E-state index in [1.54, 1.807) is 7.11 Å². The van der Waals surface area contributed by atoms with Crippen molar-refractivity contribution in [2.24, 2.45) is 0 Å². The van der Waals surface area contributed by atoms with E-state index in [0.717, 1.165) is 34.9 Å². The lowest BCUT2D eigenvalue weighted by Crippen LogP contribution is -2.37. The van der Waals surface area contributed by atoms with Crippen molar-refractivity contribution in [1.82, 2.24) is 14.8 Å². The fourth-order valence-corrected chi connectivity index (χ4v) is 5.25. The van der Waals surface area contributed by atoms with Gasteiger partial charge in [0, 0.05) is 23.8 Å². The molecule has 0 spiro atoms. The largest absolute Gasteiger partial charge is 0.497 e. The quantitative estimate of drug-likeness (QED) is 0.358. The van der Waals surface area contributed by atoms with Gasteiger partial charge in [0.2, 0.25) is 5.91 Å². The van der Waals surface area contributed by atoms with Gasteiger partial charge >= 0.3 is 0 Å². The number of carbonyl (C=O) groups excluding carboxylic acids is 1. The first-order chi connectivity index (χ1) is 16.6. The van der Waals surface area contributed by atoms with Gasteiger partial charge in [-0.3, -0.25) is 9.36 Å². The van der Waals surface area contributed by atoms with Gasteiger partial charge < -0.3 is 9.64 Å². The number of hydrogen-bond acceptors (Lipinski definition) is 5. The second-order valence-electron chi connectivity index (χ2n) is 8.33. The first-order valence-electron chi connectivity index (χ1n) is 11.3. The number of nitrogens with zero attached hydrogens (tertiary/aromatic N) is 4. The van der Waals surface area contributed by atoms with Crippen LogP contribution in [0.3, 0.4) is 0 Å². The zero-order chi connectivity index (χ0) is 23.5. The number of rotatable bonds is 7. The minimum Gasteiger partial charge on any atom is -0.497 e. The molecule has 1 aromatic heterocycles. The maximum absolute atomic E-state index is 13.3. The molecule has 172 valence electrons. The summed E-state index contributed by atoms with van der Waals surface area (Å²) in [6.07, 6.45) is 1.53. The lowest BCUT2D eigenvalue weighted by molar-refractivity contribution is -0.116. The normalized spacial score (nSPS) is 14.8. The van der Waals surface area contributed by atoms with Gasteiger partial charge in [0.1, 0.15) is 11.6 Å².